The minimum Gasteiger partial charge on any atom is -0.348 e. The average Bonchev–Trinajstić information content (AvgIpc) is 2.84. The summed E-state index contributed by atoms with van der Waals surface area (Å²) < 4.78 is 13.1. The molecule has 5 nitrogen and oxygen atoms in total. The summed E-state index contributed by atoms with van der Waals surface area (Å²) in [4.78, 5) is 28.4. The van der Waals surface area contributed by atoms with Gasteiger partial charge in [0.1, 0.15) is 5.82 Å². The maximum atomic E-state index is 13.1. The number of carbonyl (C=O) groups is 1. The van der Waals surface area contributed by atoms with Crippen molar-refractivity contribution in [1.29, 1.82) is 0 Å². The lowest BCUT2D eigenvalue weighted by atomic mass is 10.1. The highest BCUT2D eigenvalue weighted by molar-refractivity contribution is 5.94. The zero-order valence-electron chi connectivity index (χ0n) is 10.9. The summed E-state index contributed by atoms with van der Waals surface area (Å²) in [6.07, 6.45) is 0. The van der Waals surface area contributed by atoms with Crippen LogP contribution in [0.15, 0.2) is 47.3 Å². The number of nitrogens with one attached hydrogen (secondary N) is 3. The third-order valence-corrected chi connectivity index (χ3v) is 3.12. The van der Waals surface area contributed by atoms with E-state index in [0.717, 1.165) is 5.56 Å². The van der Waals surface area contributed by atoms with Gasteiger partial charge in [-0.1, -0.05) is 12.1 Å². The van der Waals surface area contributed by atoms with Crippen molar-refractivity contribution in [1.82, 2.24) is 15.3 Å². The Morgan fingerprint density at radius 1 is 1.10 bits per heavy atom. The number of hydrogen-bond acceptors (Lipinski definition) is 2. The predicted molar refractivity (Wildman–Crippen MR) is 76.5 cm³/mol. The van der Waals surface area contributed by atoms with Crippen LogP contribution in [0.25, 0.3) is 11.0 Å². The van der Waals surface area contributed by atoms with Crippen LogP contribution in [0.3, 0.4) is 0 Å². The molecule has 0 aliphatic rings. The van der Waals surface area contributed by atoms with Gasteiger partial charge in [0.25, 0.3) is 5.91 Å². The first-order valence-electron chi connectivity index (χ1n) is 6.36. The molecule has 2 aromatic carbocycles. The van der Waals surface area contributed by atoms with E-state index in [-0.39, 0.29) is 17.2 Å². The van der Waals surface area contributed by atoms with Crippen molar-refractivity contribution in [3.8, 4) is 0 Å². The zero-order valence-corrected chi connectivity index (χ0v) is 10.9. The molecule has 1 amide bonds. The van der Waals surface area contributed by atoms with E-state index in [1.807, 2.05) is 0 Å². The second-order valence-electron chi connectivity index (χ2n) is 4.65. The molecule has 0 aliphatic heterocycles. The van der Waals surface area contributed by atoms with Gasteiger partial charge in [0.2, 0.25) is 0 Å². The fraction of sp³-hybridized carbons (Fsp3) is 0.0667. The molecular weight excluding hydrogens is 273 g/mol. The zero-order chi connectivity index (χ0) is 14.8. The molecule has 0 saturated carbocycles. The van der Waals surface area contributed by atoms with Gasteiger partial charge in [0, 0.05) is 12.1 Å². The lowest BCUT2D eigenvalue weighted by Gasteiger charge is -2.05. The van der Waals surface area contributed by atoms with Crippen LogP contribution in [0.1, 0.15) is 15.9 Å². The van der Waals surface area contributed by atoms with Gasteiger partial charge in [-0.25, -0.2) is 9.18 Å². The first-order valence-corrected chi connectivity index (χ1v) is 6.36. The van der Waals surface area contributed by atoms with E-state index >= 15 is 0 Å². The third-order valence-electron chi connectivity index (χ3n) is 3.12. The lowest BCUT2D eigenvalue weighted by Crippen LogP contribution is -2.22. The number of halogens is 1. The monoisotopic (exact) mass is 285 g/mol. The van der Waals surface area contributed by atoms with Gasteiger partial charge in [0.15, 0.2) is 0 Å². The Hall–Kier alpha value is -2.89. The number of imidazole rings is 1. The fourth-order valence-electron chi connectivity index (χ4n) is 2.10. The molecule has 3 rings (SSSR count). The van der Waals surface area contributed by atoms with Gasteiger partial charge in [0.05, 0.1) is 11.0 Å². The van der Waals surface area contributed by atoms with Gasteiger partial charge < -0.3 is 15.3 Å². The molecule has 1 heterocycles. The highest BCUT2D eigenvalue weighted by Crippen LogP contribution is 2.10. The highest BCUT2D eigenvalue weighted by atomic mass is 19.1. The van der Waals surface area contributed by atoms with E-state index in [1.165, 1.54) is 18.2 Å². The number of fused-ring (bicyclic) bond motifs is 1. The van der Waals surface area contributed by atoms with Gasteiger partial charge in [-0.3, -0.25) is 4.79 Å². The van der Waals surface area contributed by atoms with Crippen LogP contribution in [0, 0.1) is 5.82 Å². The summed E-state index contributed by atoms with van der Waals surface area (Å²) in [5, 5.41) is 2.71. The van der Waals surface area contributed by atoms with E-state index in [4.69, 9.17) is 0 Å². The summed E-state index contributed by atoms with van der Waals surface area (Å²) in [5.74, 6) is -0.800. The van der Waals surface area contributed by atoms with Gasteiger partial charge >= 0.3 is 5.69 Å². The average molecular weight is 285 g/mol. The minimum absolute atomic E-state index is 0.270. The number of H-pyrrole nitrogens is 2. The highest BCUT2D eigenvalue weighted by Gasteiger charge is 2.06. The molecule has 6 heteroatoms. The van der Waals surface area contributed by atoms with Crippen molar-refractivity contribution in [3.05, 3.63) is 69.9 Å². The van der Waals surface area contributed by atoms with E-state index in [0.29, 0.717) is 17.6 Å². The molecule has 0 radical (unpaired) electrons. The smallest absolute Gasteiger partial charge is 0.323 e. The molecule has 0 spiro atoms. The lowest BCUT2D eigenvalue weighted by molar-refractivity contribution is 0.0950. The molecule has 1 aromatic heterocycles. The Balaban J connectivity index is 1.73. The molecule has 0 bridgehead atoms. The van der Waals surface area contributed by atoms with Gasteiger partial charge in [-0.05, 0) is 35.9 Å². The maximum absolute atomic E-state index is 13.1. The Labute approximate surface area is 118 Å². The molecule has 0 saturated heterocycles. The van der Waals surface area contributed by atoms with Crippen LogP contribution < -0.4 is 11.0 Å². The van der Waals surface area contributed by atoms with E-state index in [9.17, 15) is 14.0 Å². The number of benzene rings is 2. The van der Waals surface area contributed by atoms with Crippen LogP contribution in [0.5, 0.6) is 0 Å². The fourth-order valence-corrected chi connectivity index (χ4v) is 2.10. The molecule has 0 aliphatic carbocycles. The number of aromatic amines is 2. The molecule has 106 valence electrons. The second-order valence-corrected chi connectivity index (χ2v) is 4.65. The van der Waals surface area contributed by atoms with E-state index in [1.54, 1.807) is 24.3 Å². The van der Waals surface area contributed by atoms with Crippen LogP contribution in [0.4, 0.5) is 4.39 Å². The number of aromatic nitrogens is 2. The van der Waals surface area contributed by atoms with Crippen LogP contribution in [-0.2, 0) is 6.54 Å². The SMILES string of the molecule is O=C(NCc1ccc2[nH]c(=O)[nH]c2c1)c1cccc(F)c1. The topological polar surface area (TPSA) is 77.8 Å². The van der Waals surface area contributed by atoms with Crippen molar-refractivity contribution in [2.24, 2.45) is 0 Å². The minimum atomic E-state index is -0.450. The van der Waals surface area contributed by atoms with E-state index in [2.05, 4.69) is 15.3 Å². The molecule has 21 heavy (non-hydrogen) atoms. The number of carbonyl (C=O) groups excluding carboxylic acids is 1. The third kappa shape index (κ3) is 2.84. The summed E-state index contributed by atoms with van der Waals surface area (Å²) >= 11 is 0. The Morgan fingerprint density at radius 3 is 2.71 bits per heavy atom. The summed E-state index contributed by atoms with van der Waals surface area (Å²) in [7, 11) is 0. The van der Waals surface area contributed by atoms with Crippen molar-refractivity contribution >= 4 is 16.9 Å². The molecule has 0 atom stereocenters. The van der Waals surface area contributed by atoms with Crippen LogP contribution >= 0.6 is 0 Å². The summed E-state index contributed by atoms with van der Waals surface area (Å²) in [5.41, 5.74) is 2.22. The predicted octanol–water partition coefficient (Wildman–Crippen LogP) is 1.93. The van der Waals surface area contributed by atoms with Gasteiger partial charge in [-0.2, -0.15) is 0 Å². The van der Waals surface area contributed by atoms with Gasteiger partial charge in [-0.15, -0.1) is 0 Å². The van der Waals surface area contributed by atoms with Crippen molar-refractivity contribution in [2.75, 3.05) is 0 Å². The van der Waals surface area contributed by atoms with Crippen LogP contribution in [0.2, 0.25) is 0 Å². The maximum Gasteiger partial charge on any atom is 0.323 e. The van der Waals surface area contributed by atoms with E-state index < -0.39 is 5.82 Å². The molecule has 3 N–H and O–H groups in total. The van der Waals surface area contributed by atoms with Crippen molar-refractivity contribution < 1.29 is 9.18 Å². The molecule has 3 aromatic rings. The Bertz CT molecular complexity index is 866. The first-order chi connectivity index (χ1) is 10.1. The number of rotatable bonds is 3. The normalized spacial score (nSPS) is 10.7. The molecule has 0 fully saturated rings. The second kappa shape index (κ2) is 5.24. The van der Waals surface area contributed by atoms with Crippen molar-refractivity contribution in [3.63, 3.8) is 0 Å². The number of amides is 1. The number of hydrogen-bond donors (Lipinski definition) is 3. The quantitative estimate of drug-likeness (QED) is 0.687. The summed E-state index contributed by atoms with van der Waals surface area (Å²) in [6, 6.07) is 10.8. The van der Waals surface area contributed by atoms with Crippen molar-refractivity contribution in [2.45, 2.75) is 6.54 Å². The van der Waals surface area contributed by atoms with Crippen LogP contribution in [-0.4, -0.2) is 15.9 Å². The first kappa shape index (κ1) is 13.1. The Kier molecular flexibility index (Phi) is 3.27. The molecular formula is C15H12FN3O2. The summed E-state index contributed by atoms with van der Waals surface area (Å²) in [6.45, 7) is 0.290. The standard InChI is InChI=1S/C15H12FN3O2/c16-11-3-1-2-10(7-11)14(20)17-8-9-4-5-12-13(6-9)19-15(21)18-12/h1-7H,8H2,(H,17,20)(H2,18,19,21). The largest absolute Gasteiger partial charge is 0.348 e. The Morgan fingerprint density at radius 2 is 1.90 bits per heavy atom. The molecule has 0 unspecified atom stereocenters.